The first-order chi connectivity index (χ1) is 25.8. The molecule has 14 nitrogen and oxygen atoms in total. The van der Waals surface area contributed by atoms with E-state index < -0.39 is 0 Å². The summed E-state index contributed by atoms with van der Waals surface area (Å²) < 4.78 is 13.0. The number of nitrogen functional groups attached to an aromatic ring is 2. The van der Waals surface area contributed by atoms with E-state index in [0.29, 0.717) is 78.3 Å². The summed E-state index contributed by atoms with van der Waals surface area (Å²) in [6.07, 6.45) is 6.97. The molecule has 0 aliphatic carbocycles. The zero-order valence-corrected chi connectivity index (χ0v) is 30.4. The molecule has 0 saturated carbocycles. The van der Waals surface area contributed by atoms with E-state index in [-0.39, 0.29) is 17.7 Å². The molecular weight excluding hydrogens is 672 g/mol. The van der Waals surface area contributed by atoms with Gasteiger partial charge in [-0.15, -0.1) is 0 Å². The van der Waals surface area contributed by atoms with Crippen LogP contribution in [0.5, 0.6) is 0 Å². The topological polar surface area (TPSA) is 175 Å². The largest absolute Gasteiger partial charge is 0.424 e. The standard InChI is InChI=1S/C39H48N10O4/c1-25(50)11-18-52-19-17-46-12-9-31(10-13-46)47-14-6-27(7-15-47)38(51)48-16-8-28-20-26(2-3-30(28)23-48)22-49-37-34(36(40)42-24-43-37)35(45-49)29-4-5-33-32(21-29)44-39(41)53-33/h2-5,20-21,24,27,31H,6-19,22-23H2,1H3,(H2,41,44)(H2,40,42,43). The number of hydrogen-bond donors (Lipinski definition) is 2. The van der Waals surface area contributed by atoms with Crippen molar-refractivity contribution >= 4 is 45.7 Å². The van der Waals surface area contributed by atoms with Crippen molar-refractivity contribution in [3.05, 3.63) is 59.4 Å². The highest BCUT2D eigenvalue weighted by Gasteiger charge is 2.33. The van der Waals surface area contributed by atoms with Crippen LogP contribution >= 0.6 is 0 Å². The minimum atomic E-state index is 0.0957. The quantitative estimate of drug-likeness (QED) is 0.189. The molecule has 3 aromatic heterocycles. The number of anilines is 2. The van der Waals surface area contributed by atoms with Crippen molar-refractivity contribution in [3.8, 4) is 11.3 Å². The summed E-state index contributed by atoms with van der Waals surface area (Å²) in [6.45, 7) is 9.77. The molecule has 1 amide bonds. The number of likely N-dealkylation sites (tertiary alicyclic amines) is 2. The molecule has 2 aromatic carbocycles. The number of nitrogens with two attached hydrogens (primary N) is 2. The van der Waals surface area contributed by atoms with Gasteiger partial charge in [0, 0.05) is 43.6 Å². The van der Waals surface area contributed by atoms with Crippen LogP contribution in [0.4, 0.5) is 11.8 Å². The summed E-state index contributed by atoms with van der Waals surface area (Å²) in [5.41, 5.74) is 19.1. The van der Waals surface area contributed by atoms with E-state index in [1.807, 2.05) is 22.9 Å². The van der Waals surface area contributed by atoms with Gasteiger partial charge in [-0.25, -0.2) is 14.6 Å². The van der Waals surface area contributed by atoms with Crippen LogP contribution in [-0.4, -0.2) is 110 Å². The molecule has 2 fully saturated rings. The number of ketones is 1. The number of aromatic nitrogens is 5. The fourth-order valence-corrected chi connectivity index (χ4v) is 8.29. The summed E-state index contributed by atoms with van der Waals surface area (Å²) in [4.78, 5) is 45.1. The Morgan fingerprint density at radius 3 is 2.58 bits per heavy atom. The lowest BCUT2D eigenvalue weighted by Gasteiger charge is -2.42. The van der Waals surface area contributed by atoms with Crippen molar-refractivity contribution in [2.24, 2.45) is 5.92 Å². The van der Waals surface area contributed by atoms with Crippen LogP contribution in [0, 0.1) is 5.92 Å². The zero-order valence-electron chi connectivity index (χ0n) is 30.4. The van der Waals surface area contributed by atoms with E-state index in [1.54, 1.807) is 6.92 Å². The van der Waals surface area contributed by atoms with E-state index in [9.17, 15) is 9.59 Å². The Bertz CT molecular complexity index is 2110. The number of oxazole rings is 1. The molecule has 5 aromatic rings. The summed E-state index contributed by atoms with van der Waals surface area (Å²) >= 11 is 0. The third-order valence-electron chi connectivity index (χ3n) is 11.3. The van der Waals surface area contributed by atoms with Gasteiger partial charge in [0.05, 0.1) is 25.1 Å². The fourth-order valence-electron chi connectivity index (χ4n) is 8.29. The molecular formula is C39H48N10O4. The average Bonchev–Trinajstić information content (AvgIpc) is 3.74. The fraction of sp³-hybridized carbons (Fsp3) is 0.487. The first-order valence-corrected chi connectivity index (χ1v) is 18.9. The number of fused-ring (bicyclic) bond motifs is 3. The zero-order chi connectivity index (χ0) is 36.5. The van der Waals surface area contributed by atoms with Crippen molar-refractivity contribution in [1.82, 2.24) is 39.4 Å². The lowest BCUT2D eigenvalue weighted by molar-refractivity contribution is -0.138. The Kier molecular flexibility index (Phi) is 10.1. The van der Waals surface area contributed by atoms with Crippen molar-refractivity contribution < 1.29 is 18.7 Å². The Labute approximate surface area is 308 Å². The molecule has 3 aliphatic rings. The second-order valence-electron chi connectivity index (χ2n) is 14.8. The maximum atomic E-state index is 13.7. The second kappa shape index (κ2) is 15.2. The van der Waals surface area contributed by atoms with E-state index in [4.69, 9.17) is 25.7 Å². The summed E-state index contributed by atoms with van der Waals surface area (Å²) in [6, 6.07) is 12.9. The Hall–Kier alpha value is -4.92. The molecule has 8 rings (SSSR count). The highest BCUT2D eigenvalue weighted by molar-refractivity contribution is 5.99. The predicted molar refractivity (Wildman–Crippen MR) is 202 cm³/mol. The molecule has 0 spiro atoms. The van der Waals surface area contributed by atoms with Gasteiger partial charge in [-0.3, -0.25) is 9.59 Å². The number of ether oxygens (including phenoxy) is 1. The predicted octanol–water partition coefficient (Wildman–Crippen LogP) is 3.90. The Balaban J connectivity index is 0.856. The molecule has 4 N–H and O–H groups in total. The summed E-state index contributed by atoms with van der Waals surface area (Å²) in [5, 5.41) is 5.65. The van der Waals surface area contributed by atoms with Crippen molar-refractivity contribution in [3.63, 3.8) is 0 Å². The first-order valence-electron chi connectivity index (χ1n) is 18.9. The highest BCUT2D eigenvalue weighted by Crippen LogP contribution is 2.33. The van der Waals surface area contributed by atoms with Crippen LogP contribution in [0.15, 0.2) is 47.1 Å². The van der Waals surface area contributed by atoms with Crippen molar-refractivity contribution in [1.29, 1.82) is 0 Å². The third kappa shape index (κ3) is 7.62. The molecule has 0 atom stereocenters. The molecule has 14 heteroatoms. The van der Waals surface area contributed by atoms with Gasteiger partial charge >= 0.3 is 0 Å². The molecule has 6 heterocycles. The van der Waals surface area contributed by atoms with E-state index >= 15 is 0 Å². The van der Waals surface area contributed by atoms with Crippen LogP contribution in [-0.2, 0) is 33.8 Å². The monoisotopic (exact) mass is 720 g/mol. The van der Waals surface area contributed by atoms with Gasteiger partial charge in [-0.05, 0) is 100 Å². The number of Topliss-reactive ketones (excluding diaryl/α,β-unsaturated/α-hetero) is 1. The van der Waals surface area contributed by atoms with Gasteiger partial charge in [0.25, 0.3) is 6.01 Å². The lowest BCUT2D eigenvalue weighted by atomic mass is 9.91. The van der Waals surface area contributed by atoms with Gasteiger partial charge in [0.1, 0.15) is 29.1 Å². The lowest BCUT2D eigenvalue weighted by Crippen LogP contribution is -2.50. The van der Waals surface area contributed by atoms with Gasteiger partial charge < -0.3 is 35.3 Å². The second-order valence-corrected chi connectivity index (χ2v) is 14.8. The molecule has 0 unspecified atom stereocenters. The van der Waals surface area contributed by atoms with Crippen molar-refractivity contribution in [2.75, 3.05) is 63.9 Å². The maximum Gasteiger partial charge on any atom is 0.292 e. The average molecular weight is 721 g/mol. The minimum absolute atomic E-state index is 0.0957. The Morgan fingerprint density at radius 1 is 0.943 bits per heavy atom. The molecule has 0 bridgehead atoms. The van der Waals surface area contributed by atoms with Gasteiger partial charge in [-0.1, -0.05) is 18.2 Å². The number of carbonyl (C=O) groups excluding carboxylic acids is 2. The van der Waals surface area contributed by atoms with Crippen molar-refractivity contribution in [2.45, 2.75) is 64.6 Å². The van der Waals surface area contributed by atoms with E-state index in [0.717, 1.165) is 82.5 Å². The van der Waals surface area contributed by atoms with Crippen LogP contribution in [0.3, 0.4) is 0 Å². The van der Waals surface area contributed by atoms with E-state index in [2.05, 4.69) is 47.9 Å². The highest BCUT2D eigenvalue weighted by atomic mass is 16.5. The number of amides is 1. The van der Waals surface area contributed by atoms with Gasteiger partial charge in [0.15, 0.2) is 11.2 Å². The smallest absolute Gasteiger partial charge is 0.292 e. The van der Waals surface area contributed by atoms with Crippen LogP contribution in [0.1, 0.15) is 55.7 Å². The van der Waals surface area contributed by atoms with Crippen LogP contribution in [0.2, 0.25) is 0 Å². The number of hydrogen-bond acceptors (Lipinski definition) is 12. The third-order valence-corrected chi connectivity index (χ3v) is 11.3. The Morgan fingerprint density at radius 2 is 1.77 bits per heavy atom. The molecule has 2 saturated heterocycles. The minimum Gasteiger partial charge on any atom is -0.424 e. The van der Waals surface area contributed by atoms with Gasteiger partial charge in [-0.2, -0.15) is 10.1 Å². The molecule has 0 radical (unpaired) electrons. The molecule has 53 heavy (non-hydrogen) atoms. The molecule has 3 aliphatic heterocycles. The summed E-state index contributed by atoms with van der Waals surface area (Å²) in [7, 11) is 0. The van der Waals surface area contributed by atoms with Gasteiger partial charge in [0.2, 0.25) is 5.91 Å². The molecule has 278 valence electrons. The number of nitrogens with zero attached hydrogens (tertiary/aromatic N) is 8. The van der Waals surface area contributed by atoms with Crippen LogP contribution < -0.4 is 11.5 Å². The number of piperidine rings is 2. The normalized spacial score (nSPS) is 17.9. The van der Waals surface area contributed by atoms with Crippen LogP contribution in [0.25, 0.3) is 33.4 Å². The maximum absolute atomic E-state index is 13.7. The SMILES string of the molecule is CC(=O)CCOCCN1CCC(N2CCC(C(=O)N3CCc4cc(Cn5nc(-c6ccc7oc(N)nc7c6)c6c(N)ncnc65)ccc4C3)CC2)CC1. The number of rotatable bonds is 11. The first kappa shape index (κ1) is 35.1. The number of benzene rings is 2. The van der Waals surface area contributed by atoms with E-state index in [1.165, 1.54) is 17.5 Å². The summed E-state index contributed by atoms with van der Waals surface area (Å²) in [5.74, 6) is 0.935. The number of carbonyl (C=O) groups is 2.